The first-order chi connectivity index (χ1) is 20.1. The molecule has 2 aliphatic rings. The molecule has 1 N–H and O–H groups in total. The molecule has 1 saturated carbocycles. The Labute approximate surface area is 244 Å². The second kappa shape index (κ2) is 11.7. The maximum Gasteiger partial charge on any atom is 0.252 e. The van der Waals surface area contributed by atoms with Crippen LogP contribution in [-0.2, 0) is 14.4 Å². The summed E-state index contributed by atoms with van der Waals surface area (Å²) in [6.45, 7) is 0. The van der Waals surface area contributed by atoms with E-state index in [2.05, 4.69) is 15.3 Å². The number of aromatic nitrogens is 2. The van der Waals surface area contributed by atoms with Gasteiger partial charge in [-0.15, -0.1) is 0 Å². The first-order valence-electron chi connectivity index (χ1n) is 13.1. The molecule has 3 aromatic rings. The lowest BCUT2D eigenvalue weighted by atomic mass is 9.87. The Balaban J connectivity index is 1.62. The summed E-state index contributed by atoms with van der Waals surface area (Å²) >= 11 is 6.55. The molecule has 3 amide bonds. The van der Waals surface area contributed by atoms with E-state index in [1.165, 1.54) is 24.3 Å². The molecule has 0 bridgehead atoms. The van der Waals surface area contributed by atoms with E-state index in [-0.39, 0.29) is 40.8 Å². The van der Waals surface area contributed by atoms with Crippen molar-refractivity contribution in [3.05, 3.63) is 77.1 Å². The minimum atomic E-state index is -2.89. The van der Waals surface area contributed by atoms with Gasteiger partial charge in [0.15, 0.2) is 0 Å². The average Bonchev–Trinajstić information content (AvgIpc) is 3.36. The number of halogens is 3. The average molecular weight is 595 g/mol. The topological polar surface area (TPSA) is 129 Å². The van der Waals surface area contributed by atoms with Crippen LogP contribution in [0.4, 0.5) is 20.4 Å². The number of rotatable bonds is 8. The van der Waals surface area contributed by atoms with Crippen LogP contribution in [0, 0.1) is 11.3 Å². The van der Waals surface area contributed by atoms with Crippen LogP contribution < -0.4 is 19.9 Å². The lowest BCUT2D eigenvalue weighted by Gasteiger charge is -2.39. The Hall–Kier alpha value is -4.63. The summed E-state index contributed by atoms with van der Waals surface area (Å²) in [5, 5.41) is 12.1. The quantitative estimate of drug-likeness (QED) is 0.414. The predicted octanol–water partition coefficient (Wildman–Crippen LogP) is 4.19. The number of anilines is 2. The van der Waals surface area contributed by atoms with Gasteiger partial charge in [-0.1, -0.05) is 35.9 Å². The van der Waals surface area contributed by atoms with Crippen molar-refractivity contribution in [2.45, 2.75) is 49.7 Å². The molecule has 0 spiro atoms. The van der Waals surface area contributed by atoms with Crippen LogP contribution in [0.2, 0.25) is 5.02 Å². The highest BCUT2D eigenvalue weighted by molar-refractivity contribution is 6.31. The fourth-order valence-electron chi connectivity index (χ4n) is 5.16. The zero-order chi connectivity index (χ0) is 30.0. The summed E-state index contributed by atoms with van der Waals surface area (Å²) in [7, 11) is 1.44. The lowest BCUT2D eigenvalue weighted by Crippen LogP contribution is -2.56. The van der Waals surface area contributed by atoms with Gasteiger partial charge in [-0.2, -0.15) is 5.26 Å². The van der Waals surface area contributed by atoms with Crippen molar-refractivity contribution < 1.29 is 27.9 Å². The number of nitriles is 1. The summed E-state index contributed by atoms with van der Waals surface area (Å²) in [6, 6.07) is 12.7. The highest BCUT2D eigenvalue weighted by Crippen LogP contribution is 2.40. The van der Waals surface area contributed by atoms with Crippen LogP contribution >= 0.6 is 11.6 Å². The van der Waals surface area contributed by atoms with E-state index in [9.17, 15) is 28.4 Å². The third kappa shape index (κ3) is 5.73. The van der Waals surface area contributed by atoms with Crippen molar-refractivity contribution in [1.82, 2.24) is 15.3 Å². The van der Waals surface area contributed by atoms with Crippen LogP contribution in [0.1, 0.15) is 43.0 Å². The minimum Gasteiger partial charge on any atom is -0.497 e. The van der Waals surface area contributed by atoms with Gasteiger partial charge in [-0.25, -0.2) is 18.7 Å². The van der Waals surface area contributed by atoms with Gasteiger partial charge in [-0.3, -0.25) is 24.2 Å². The highest BCUT2D eigenvalue weighted by atomic mass is 35.5. The first-order valence-corrected chi connectivity index (χ1v) is 13.4. The van der Waals surface area contributed by atoms with E-state index in [1.807, 2.05) is 6.07 Å². The number of hydrogen-bond acceptors (Lipinski definition) is 7. The van der Waals surface area contributed by atoms with Crippen molar-refractivity contribution in [3.63, 3.8) is 0 Å². The van der Waals surface area contributed by atoms with Crippen molar-refractivity contribution in [3.8, 4) is 11.8 Å². The molecule has 216 valence electrons. The molecule has 0 unspecified atom stereocenters. The molecule has 1 aromatic heterocycles. The summed E-state index contributed by atoms with van der Waals surface area (Å²) in [5.74, 6) is -4.47. The van der Waals surface area contributed by atoms with Crippen LogP contribution in [0.15, 0.2) is 60.8 Å². The SMILES string of the molecule is COc1cccc(N(C(=O)[C@@H]2CCC(=O)N2c2nccc(C#N)n2)[C@H](C(=O)NC2CC(F)(F)C2)c2ccccc2Cl)c1. The fourth-order valence-corrected chi connectivity index (χ4v) is 5.40. The molecule has 5 rings (SSSR count). The number of amides is 3. The van der Waals surface area contributed by atoms with Gasteiger partial charge in [0.05, 0.1) is 7.11 Å². The molecule has 2 atom stereocenters. The number of benzene rings is 2. The number of nitrogens with zero attached hydrogens (tertiary/aromatic N) is 5. The molecule has 0 radical (unpaired) electrons. The standard InChI is InChI=1S/C29H25ClF2N6O4/c1-42-20-6-4-5-19(13-20)37(27(41)23-9-10-24(39)38(23)28-34-12-11-17(16-33)36-28)25(21-7-2-3-8-22(21)30)26(40)35-18-14-29(31,32)15-18/h2-8,11-13,18,23,25H,9-10,14-15H2,1H3,(H,35,40)/t23-,25-/m0/s1. The van der Waals surface area contributed by atoms with Gasteiger partial charge in [0.2, 0.25) is 17.8 Å². The van der Waals surface area contributed by atoms with Crippen molar-refractivity contribution in [1.29, 1.82) is 5.26 Å². The predicted molar refractivity (Wildman–Crippen MR) is 148 cm³/mol. The molecule has 2 aromatic carbocycles. The number of methoxy groups -OCH3 is 1. The van der Waals surface area contributed by atoms with Crippen LogP contribution in [0.5, 0.6) is 5.75 Å². The summed E-state index contributed by atoms with van der Waals surface area (Å²) in [4.78, 5) is 52.0. The Bertz CT molecular complexity index is 1570. The second-order valence-corrected chi connectivity index (χ2v) is 10.4. The molecule has 1 aliphatic heterocycles. The summed E-state index contributed by atoms with van der Waals surface area (Å²) in [5.41, 5.74) is 0.489. The van der Waals surface area contributed by atoms with E-state index in [1.54, 1.807) is 48.5 Å². The third-order valence-corrected chi connectivity index (χ3v) is 7.53. The summed E-state index contributed by atoms with van der Waals surface area (Å²) < 4.78 is 32.6. The number of nitrogens with one attached hydrogen (secondary N) is 1. The van der Waals surface area contributed by atoms with E-state index >= 15 is 0 Å². The van der Waals surface area contributed by atoms with Crippen molar-refractivity contribution in [2.75, 3.05) is 16.9 Å². The van der Waals surface area contributed by atoms with Crippen molar-refractivity contribution >= 4 is 41.0 Å². The number of alkyl halides is 2. The maximum absolute atomic E-state index is 14.6. The smallest absolute Gasteiger partial charge is 0.252 e. The van der Waals surface area contributed by atoms with Crippen LogP contribution in [-0.4, -0.2) is 52.8 Å². The molecule has 10 nitrogen and oxygen atoms in total. The molecule has 1 aliphatic carbocycles. The molecule has 1 saturated heterocycles. The fraction of sp³-hybridized carbons (Fsp3) is 0.310. The van der Waals surface area contributed by atoms with E-state index < -0.39 is 54.6 Å². The lowest BCUT2D eigenvalue weighted by molar-refractivity contribution is -0.133. The molecule has 42 heavy (non-hydrogen) atoms. The molecule has 2 fully saturated rings. The molecular weight excluding hydrogens is 570 g/mol. The normalized spacial score (nSPS) is 18.5. The number of ether oxygens (including phenoxy) is 1. The van der Waals surface area contributed by atoms with E-state index in [0.717, 1.165) is 4.90 Å². The largest absolute Gasteiger partial charge is 0.497 e. The molecule has 2 heterocycles. The molecule has 13 heteroatoms. The maximum atomic E-state index is 14.6. The van der Waals surface area contributed by atoms with Gasteiger partial charge >= 0.3 is 0 Å². The van der Waals surface area contributed by atoms with Crippen LogP contribution in [0.25, 0.3) is 0 Å². The zero-order valence-electron chi connectivity index (χ0n) is 22.3. The van der Waals surface area contributed by atoms with Gasteiger partial charge < -0.3 is 10.1 Å². The minimum absolute atomic E-state index is 0.00109. The van der Waals surface area contributed by atoms with Gasteiger partial charge in [0.25, 0.3) is 11.8 Å². The Morgan fingerprint density at radius 3 is 2.67 bits per heavy atom. The van der Waals surface area contributed by atoms with Crippen LogP contribution in [0.3, 0.4) is 0 Å². The number of hydrogen-bond donors (Lipinski definition) is 1. The van der Waals surface area contributed by atoms with E-state index in [0.29, 0.717) is 5.75 Å². The monoisotopic (exact) mass is 594 g/mol. The van der Waals surface area contributed by atoms with Gasteiger partial charge in [0.1, 0.15) is 29.6 Å². The number of carbonyl (C=O) groups excluding carboxylic acids is 3. The molecular formula is C29H25ClF2N6O4. The Morgan fingerprint density at radius 2 is 1.98 bits per heavy atom. The third-order valence-electron chi connectivity index (χ3n) is 7.18. The number of carbonyl (C=O) groups is 3. The summed E-state index contributed by atoms with van der Waals surface area (Å²) in [6.07, 6.45) is 0.311. The van der Waals surface area contributed by atoms with E-state index in [4.69, 9.17) is 16.3 Å². The second-order valence-electron chi connectivity index (χ2n) is 9.98. The zero-order valence-corrected chi connectivity index (χ0v) is 23.1. The van der Waals surface area contributed by atoms with Gasteiger partial charge in [-0.05, 0) is 30.7 Å². The van der Waals surface area contributed by atoms with Gasteiger partial charge in [0, 0.05) is 53.8 Å². The van der Waals surface area contributed by atoms with Crippen molar-refractivity contribution in [2.24, 2.45) is 0 Å². The Kier molecular flexibility index (Phi) is 8.04. The Morgan fingerprint density at radius 1 is 1.21 bits per heavy atom. The first kappa shape index (κ1) is 28.9. The highest BCUT2D eigenvalue weighted by Gasteiger charge is 2.48.